The molecule has 1 unspecified atom stereocenters. The summed E-state index contributed by atoms with van der Waals surface area (Å²) >= 11 is -1.47. The Kier molecular flexibility index (Phi) is 1.99. The van der Waals surface area contributed by atoms with Crippen molar-refractivity contribution in [3.05, 3.63) is 23.9 Å². The van der Waals surface area contributed by atoms with Gasteiger partial charge in [0, 0.05) is 20.3 Å². The van der Waals surface area contributed by atoms with E-state index in [1.54, 1.807) is 25.4 Å². The second kappa shape index (κ2) is 3.06. The van der Waals surface area contributed by atoms with Crippen LogP contribution in [-0.2, 0) is 11.2 Å². The van der Waals surface area contributed by atoms with Gasteiger partial charge in [0.1, 0.15) is 0 Å². The number of rotatable bonds is 0. The number of carbonyl (C=O) groups excluding carboxylic acids is 1. The second-order valence-electron chi connectivity index (χ2n) is 2.91. The van der Waals surface area contributed by atoms with E-state index in [9.17, 15) is 9.00 Å². The van der Waals surface area contributed by atoms with Crippen LogP contribution in [0.25, 0.3) is 0 Å². The summed E-state index contributed by atoms with van der Waals surface area (Å²) in [6.07, 6.45) is 1.57. The topological polar surface area (TPSA) is 53.5 Å². The predicted molar refractivity (Wildman–Crippen MR) is 52.9 cm³/mol. The van der Waals surface area contributed by atoms with E-state index in [0.29, 0.717) is 11.4 Å². The van der Waals surface area contributed by atoms with E-state index < -0.39 is 11.2 Å². The first-order valence-electron chi connectivity index (χ1n) is 4.01. The van der Waals surface area contributed by atoms with Crippen LogP contribution in [0.5, 0.6) is 0 Å². The SMILES string of the molecule is CN1C(=O)c2cccnc2N(C)S1=O. The lowest BCUT2D eigenvalue weighted by atomic mass is 10.2. The van der Waals surface area contributed by atoms with Gasteiger partial charge in [-0.2, -0.15) is 0 Å². The van der Waals surface area contributed by atoms with Gasteiger partial charge in [0.05, 0.1) is 5.56 Å². The van der Waals surface area contributed by atoms with Crippen LogP contribution in [-0.4, -0.2) is 33.5 Å². The summed E-state index contributed by atoms with van der Waals surface area (Å²) in [4.78, 5) is 15.7. The van der Waals surface area contributed by atoms with Crippen molar-refractivity contribution in [3.63, 3.8) is 0 Å². The maximum atomic E-state index is 11.6. The summed E-state index contributed by atoms with van der Waals surface area (Å²) in [6.45, 7) is 0. The molecule has 6 heteroatoms. The molecule has 1 aliphatic heterocycles. The first-order chi connectivity index (χ1) is 6.63. The molecule has 2 rings (SSSR count). The number of aromatic nitrogens is 1. The molecule has 1 atom stereocenters. The van der Waals surface area contributed by atoms with E-state index in [1.165, 1.54) is 15.7 Å². The van der Waals surface area contributed by atoms with Gasteiger partial charge in [-0.3, -0.25) is 9.10 Å². The van der Waals surface area contributed by atoms with Crippen LogP contribution >= 0.6 is 0 Å². The number of hydrogen-bond donors (Lipinski definition) is 0. The van der Waals surface area contributed by atoms with Crippen LogP contribution in [0, 0.1) is 0 Å². The first-order valence-corrected chi connectivity index (χ1v) is 5.08. The normalized spacial score (nSPS) is 21.0. The molecule has 0 spiro atoms. The quantitative estimate of drug-likeness (QED) is 0.615. The number of anilines is 1. The Morgan fingerprint density at radius 2 is 2.07 bits per heavy atom. The fourth-order valence-corrected chi connectivity index (χ4v) is 2.21. The molecule has 0 N–H and O–H groups in total. The van der Waals surface area contributed by atoms with Gasteiger partial charge in [-0.1, -0.05) is 0 Å². The average Bonchev–Trinajstić information content (AvgIpc) is 2.23. The summed E-state index contributed by atoms with van der Waals surface area (Å²) in [5.74, 6) is 0.207. The van der Waals surface area contributed by atoms with Crippen molar-refractivity contribution in [3.8, 4) is 0 Å². The van der Waals surface area contributed by atoms with Crippen molar-refractivity contribution >= 4 is 22.9 Å². The Labute approximate surface area is 84.1 Å². The van der Waals surface area contributed by atoms with Crippen molar-refractivity contribution in [2.75, 3.05) is 18.4 Å². The molecule has 1 aromatic heterocycles. The third-order valence-electron chi connectivity index (χ3n) is 2.07. The molecule has 0 saturated heterocycles. The van der Waals surface area contributed by atoms with Gasteiger partial charge in [0.2, 0.25) is 11.2 Å². The summed E-state index contributed by atoms with van der Waals surface area (Å²) in [5, 5.41) is 0. The molecule has 0 saturated carbocycles. The molecule has 0 bridgehead atoms. The maximum absolute atomic E-state index is 11.6. The molecular formula is C8H9N3O2S. The van der Waals surface area contributed by atoms with Crippen LogP contribution < -0.4 is 4.31 Å². The number of nitrogens with zero attached hydrogens (tertiary/aromatic N) is 3. The summed E-state index contributed by atoms with van der Waals surface area (Å²) in [5.41, 5.74) is 0.483. The molecule has 74 valence electrons. The van der Waals surface area contributed by atoms with Gasteiger partial charge in [-0.05, 0) is 12.1 Å². The molecule has 1 aliphatic rings. The van der Waals surface area contributed by atoms with Crippen molar-refractivity contribution in [2.45, 2.75) is 0 Å². The molecule has 2 heterocycles. The zero-order valence-electron chi connectivity index (χ0n) is 7.80. The molecule has 0 fully saturated rings. The van der Waals surface area contributed by atoms with Crippen molar-refractivity contribution in [1.29, 1.82) is 0 Å². The molecular weight excluding hydrogens is 202 g/mol. The van der Waals surface area contributed by atoms with Gasteiger partial charge in [-0.15, -0.1) is 0 Å². The molecule has 0 aliphatic carbocycles. The van der Waals surface area contributed by atoms with Crippen molar-refractivity contribution < 1.29 is 9.00 Å². The number of carbonyl (C=O) groups is 1. The third-order valence-corrected chi connectivity index (χ3v) is 3.35. The highest BCUT2D eigenvalue weighted by atomic mass is 32.2. The largest absolute Gasteiger partial charge is 0.270 e. The zero-order chi connectivity index (χ0) is 10.3. The van der Waals surface area contributed by atoms with Gasteiger partial charge in [0.25, 0.3) is 5.91 Å². The highest BCUT2D eigenvalue weighted by Gasteiger charge is 2.31. The molecule has 1 amide bonds. The first kappa shape index (κ1) is 9.14. The lowest BCUT2D eigenvalue weighted by molar-refractivity contribution is 0.0884. The minimum absolute atomic E-state index is 0.260. The molecule has 0 radical (unpaired) electrons. The van der Waals surface area contributed by atoms with Gasteiger partial charge in [-0.25, -0.2) is 13.5 Å². The zero-order valence-corrected chi connectivity index (χ0v) is 8.61. The van der Waals surface area contributed by atoms with Crippen LogP contribution in [0.4, 0.5) is 5.82 Å². The lowest BCUT2D eigenvalue weighted by Gasteiger charge is -2.29. The number of fused-ring (bicyclic) bond motifs is 1. The predicted octanol–water partition coefficient (Wildman–Crippen LogP) is 0.182. The average molecular weight is 211 g/mol. The Balaban J connectivity index is 2.62. The Hall–Kier alpha value is -1.43. The lowest BCUT2D eigenvalue weighted by Crippen LogP contribution is -2.43. The second-order valence-corrected chi connectivity index (χ2v) is 4.46. The smallest absolute Gasteiger partial charge is 0.268 e. The third kappa shape index (κ3) is 1.11. The minimum atomic E-state index is -1.47. The molecule has 5 nitrogen and oxygen atoms in total. The van der Waals surface area contributed by atoms with E-state index in [2.05, 4.69) is 4.98 Å². The Bertz CT molecular complexity index is 421. The summed E-state index contributed by atoms with van der Waals surface area (Å²) < 4.78 is 14.3. The standard InChI is InChI=1S/C8H9N3O2S/c1-10-7-6(4-3-5-9-7)8(12)11(2)14(10)13/h3-5H,1-2H3. The minimum Gasteiger partial charge on any atom is -0.268 e. The van der Waals surface area contributed by atoms with Gasteiger partial charge < -0.3 is 0 Å². The van der Waals surface area contributed by atoms with E-state index in [1.807, 2.05) is 0 Å². The summed E-state index contributed by atoms with van der Waals surface area (Å²) in [6, 6.07) is 3.36. The van der Waals surface area contributed by atoms with E-state index in [-0.39, 0.29) is 5.91 Å². The summed E-state index contributed by atoms with van der Waals surface area (Å²) in [7, 11) is 3.15. The van der Waals surface area contributed by atoms with Crippen molar-refractivity contribution in [1.82, 2.24) is 9.29 Å². The van der Waals surface area contributed by atoms with E-state index >= 15 is 0 Å². The fraction of sp³-hybridized carbons (Fsp3) is 0.250. The van der Waals surface area contributed by atoms with Crippen LogP contribution in [0.3, 0.4) is 0 Å². The number of pyridine rings is 1. The highest BCUT2D eigenvalue weighted by molar-refractivity contribution is 7.84. The van der Waals surface area contributed by atoms with Gasteiger partial charge in [0.15, 0.2) is 5.82 Å². The Morgan fingerprint density at radius 1 is 1.36 bits per heavy atom. The maximum Gasteiger partial charge on any atom is 0.270 e. The molecule has 14 heavy (non-hydrogen) atoms. The Morgan fingerprint density at radius 3 is 2.79 bits per heavy atom. The number of amides is 1. The molecule has 0 aromatic carbocycles. The van der Waals surface area contributed by atoms with E-state index in [4.69, 9.17) is 0 Å². The van der Waals surface area contributed by atoms with Gasteiger partial charge >= 0.3 is 0 Å². The van der Waals surface area contributed by atoms with Crippen LogP contribution in [0.1, 0.15) is 10.4 Å². The van der Waals surface area contributed by atoms with Crippen LogP contribution in [0.2, 0.25) is 0 Å². The molecule has 1 aromatic rings. The number of hydrogen-bond acceptors (Lipinski definition) is 3. The monoisotopic (exact) mass is 211 g/mol. The van der Waals surface area contributed by atoms with Crippen molar-refractivity contribution in [2.24, 2.45) is 0 Å². The van der Waals surface area contributed by atoms with E-state index in [0.717, 1.165) is 0 Å². The highest BCUT2D eigenvalue weighted by Crippen LogP contribution is 2.24. The fourth-order valence-electron chi connectivity index (χ4n) is 1.31. The van der Waals surface area contributed by atoms with Crippen LogP contribution in [0.15, 0.2) is 18.3 Å².